The van der Waals surface area contributed by atoms with Gasteiger partial charge in [-0.05, 0) is 12.0 Å². The Labute approximate surface area is 96.6 Å². The van der Waals surface area contributed by atoms with Crippen molar-refractivity contribution >= 4 is 15.0 Å². The van der Waals surface area contributed by atoms with Gasteiger partial charge in [0.15, 0.2) is 0 Å². The molecule has 0 radical (unpaired) electrons. The van der Waals surface area contributed by atoms with E-state index < -0.39 is 10.1 Å². The zero-order valence-electron chi connectivity index (χ0n) is 9.26. The van der Waals surface area contributed by atoms with Gasteiger partial charge in [-0.15, -0.1) is 0 Å². The summed E-state index contributed by atoms with van der Waals surface area (Å²) in [6, 6.07) is 8.64. The average molecular weight is 240 g/mol. The zero-order valence-corrected chi connectivity index (χ0v) is 10.1. The molecule has 0 bridgehead atoms. The highest BCUT2D eigenvalue weighted by Crippen LogP contribution is 2.20. The predicted octanol–water partition coefficient (Wildman–Crippen LogP) is 3.11. The lowest BCUT2D eigenvalue weighted by molar-refractivity contribution is 0.496. The van der Waals surface area contributed by atoms with Gasteiger partial charge in [0.05, 0.1) is 4.91 Å². The SMILES string of the molecule is CCCCC=C(c1ccccc1)S(=O)(=O)O. The Morgan fingerprint density at radius 3 is 2.44 bits per heavy atom. The maximum atomic E-state index is 11.2. The summed E-state index contributed by atoms with van der Waals surface area (Å²) in [5, 5.41) is 0. The Balaban J connectivity index is 3.03. The molecular formula is C12H16O3S. The number of hydrogen-bond acceptors (Lipinski definition) is 2. The maximum Gasteiger partial charge on any atom is 0.294 e. The third-order valence-corrected chi connectivity index (χ3v) is 3.18. The second-order valence-corrected chi connectivity index (χ2v) is 4.94. The summed E-state index contributed by atoms with van der Waals surface area (Å²) in [5.41, 5.74) is 0.529. The van der Waals surface area contributed by atoms with Crippen LogP contribution in [0.4, 0.5) is 0 Å². The lowest BCUT2D eigenvalue weighted by Gasteiger charge is -2.04. The van der Waals surface area contributed by atoms with Gasteiger partial charge in [-0.1, -0.05) is 56.2 Å². The molecule has 0 aliphatic rings. The predicted molar refractivity (Wildman–Crippen MR) is 65.5 cm³/mol. The number of hydrogen-bond donors (Lipinski definition) is 1. The molecule has 0 aromatic heterocycles. The molecule has 0 aliphatic carbocycles. The molecule has 4 heteroatoms. The summed E-state index contributed by atoms with van der Waals surface area (Å²) in [6.07, 6.45) is 4.13. The third-order valence-electron chi connectivity index (χ3n) is 2.22. The van der Waals surface area contributed by atoms with Crippen LogP contribution in [-0.2, 0) is 10.1 Å². The first-order valence-corrected chi connectivity index (χ1v) is 6.72. The average Bonchev–Trinajstić information content (AvgIpc) is 2.24. The third kappa shape index (κ3) is 3.79. The minimum absolute atomic E-state index is 0.00144. The minimum Gasteiger partial charge on any atom is -0.282 e. The zero-order chi connectivity index (χ0) is 12.0. The molecule has 1 aromatic carbocycles. The summed E-state index contributed by atoms with van der Waals surface area (Å²) in [7, 11) is -4.14. The summed E-state index contributed by atoms with van der Waals surface area (Å²) in [6.45, 7) is 2.03. The first kappa shape index (κ1) is 12.9. The second kappa shape index (κ2) is 5.82. The Morgan fingerprint density at radius 2 is 1.94 bits per heavy atom. The maximum absolute atomic E-state index is 11.2. The van der Waals surface area contributed by atoms with Gasteiger partial charge in [0.2, 0.25) is 0 Å². The van der Waals surface area contributed by atoms with Gasteiger partial charge in [0.25, 0.3) is 10.1 Å². The molecule has 3 nitrogen and oxygen atoms in total. The fraction of sp³-hybridized carbons (Fsp3) is 0.333. The van der Waals surface area contributed by atoms with Crippen molar-refractivity contribution in [3.63, 3.8) is 0 Å². The van der Waals surface area contributed by atoms with Crippen LogP contribution in [0.25, 0.3) is 4.91 Å². The highest BCUT2D eigenvalue weighted by molar-refractivity contribution is 7.95. The van der Waals surface area contributed by atoms with Crippen molar-refractivity contribution in [3.05, 3.63) is 42.0 Å². The van der Waals surface area contributed by atoms with Crippen LogP contribution in [-0.4, -0.2) is 13.0 Å². The molecule has 16 heavy (non-hydrogen) atoms. The van der Waals surface area contributed by atoms with Crippen LogP contribution in [0.2, 0.25) is 0 Å². The Morgan fingerprint density at radius 1 is 1.31 bits per heavy atom. The highest BCUT2D eigenvalue weighted by Gasteiger charge is 2.14. The van der Waals surface area contributed by atoms with Gasteiger partial charge in [0.1, 0.15) is 0 Å². The van der Waals surface area contributed by atoms with E-state index in [-0.39, 0.29) is 4.91 Å². The van der Waals surface area contributed by atoms with Gasteiger partial charge in [-0.3, -0.25) is 4.55 Å². The molecule has 1 aromatic rings. The standard InChI is InChI=1S/C12H16O3S/c1-2-3-5-10-12(16(13,14)15)11-8-6-4-7-9-11/h4,6-10H,2-3,5H2,1H3,(H,13,14,15). The van der Waals surface area contributed by atoms with Crippen molar-refractivity contribution < 1.29 is 13.0 Å². The molecular weight excluding hydrogens is 224 g/mol. The van der Waals surface area contributed by atoms with Crippen molar-refractivity contribution in [3.8, 4) is 0 Å². The van der Waals surface area contributed by atoms with Gasteiger partial charge >= 0.3 is 0 Å². The Hall–Kier alpha value is -1.13. The fourth-order valence-corrected chi connectivity index (χ4v) is 2.17. The minimum atomic E-state index is -4.14. The van der Waals surface area contributed by atoms with E-state index in [9.17, 15) is 8.42 Å². The molecule has 0 atom stereocenters. The quantitative estimate of drug-likeness (QED) is 0.635. The van der Waals surface area contributed by atoms with E-state index in [1.807, 2.05) is 6.92 Å². The van der Waals surface area contributed by atoms with E-state index in [4.69, 9.17) is 4.55 Å². The largest absolute Gasteiger partial charge is 0.294 e. The van der Waals surface area contributed by atoms with Gasteiger partial charge in [-0.25, -0.2) is 0 Å². The van der Waals surface area contributed by atoms with Crippen LogP contribution in [0.3, 0.4) is 0 Å². The normalized spacial score (nSPS) is 12.8. The smallest absolute Gasteiger partial charge is 0.282 e. The van der Waals surface area contributed by atoms with Gasteiger partial charge < -0.3 is 0 Å². The molecule has 0 heterocycles. The summed E-state index contributed by atoms with van der Waals surface area (Å²) >= 11 is 0. The fourth-order valence-electron chi connectivity index (χ4n) is 1.41. The first-order valence-electron chi connectivity index (χ1n) is 5.28. The lowest BCUT2D eigenvalue weighted by Crippen LogP contribution is -2.01. The second-order valence-electron chi connectivity index (χ2n) is 3.55. The van der Waals surface area contributed by atoms with Crippen molar-refractivity contribution in [2.24, 2.45) is 0 Å². The molecule has 0 amide bonds. The van der Waals surface area contributed by atoms with Crippen LogP contribution in [0.1, 0.15) is 31.7 Å². The molecule has 0 spiro atoms. The Kier molecular flexibility index (Phi) is 4.71. The van der Waals surface area contributed by atoms with Crippen LogP contribution in [0.15, 0.2) is 36.4 Å². The van der Waals surface area contributed by atoms with Gasteiger partial charge in [-0.2, -0.15) is 8.42 Å². The number of allylic oxidation sites excluding steroid dienone is 1. The topological polar surface area (TPSA) is 54.4 Å². The van der Waals surface area contributed by atoms with E-state index in [0.29, 0.717) is 12.0 Å². The number of rotatable bonds is 5. The number of benzene rings is 1. The van der Waals surface area contributed by atoms with E-state index in [1.165, 1.54) is 0 Å². The number of unbranched alkanes of at least 4 members (excludes halogenated alkanes) is 2. The monoisotopic (exact) mass is 240 g/mol. The van der Waals surface area contributed by atoms with Crippen LogP contribution >= 0.6 is 0 Å². The van der Waals surface area contributed by atoms with Crippen molar-refractivity contribution in [1.29, 1.82) is 0 Å². The van der Waals surface area contributed by atoms with Crippen molar-refractivity contribution in [1.82, 2.24) is 0 Å². The van der Waals surface area contributed by atoms with Gasteiger partial charge in [0, 0.05) is 0 Å². The van der Waals surface area contributed by atoms with E-state index in [1.54, 1.807) is 36.4 Å². The van der Waals surface area contributed by atoms with E-state index >= 15 is 0 Å². The van der Waals surface area contributed by atoms with Crippen LogP contribution < -0.4 is 0 Å². The van der Waals surface area contributed by atoms with Crippen molar-refractivity contribution in [2.45, 2.75) is 26.2 Å². The van der Waals surface area contributed by atoms with Crippen LogP contribution in [0.5, 0.6) is 0 Å². The van der Waals surface area contributed by atoms with Crippen LogP contribution in [0, 0.1) is 0 Å². The first-order chi connectivity index (χ1) is 7.55. The molecule has 0 aliphatic heterocycles. The molecule has 0 saturated carbocycles. The summed E-state index contributed by atoms with van der Waals surface area (Å²) < 4.78 is 31.6. The molecule has 0 fully saturated rings. The molecule has 88 valence electrons. The van der Waals surface area contributed by atoms with Crippen molar-refractivity contribution in [2.75, 3.05) is 0 Å². The summed E-state index contributed by atoms with van der Waals surface area (Å²) in [5.74, 6) is 0. The molecule has 0 saturated heterocycles. The lowest BCUT2D eigenvalue weighted by atomic mass is 10.1. The molecule has 1 rings (SSSR count). The Bertz CT molecular complexity index is 446. The molecule has 0 unspecified atom stereocenters. The van der Waals surface area contributed by atoms with E-state index in [2.05, 4.69) is 0 Å². The highest BCUT2D eigenvalue weighted by atomic mass is 32.2. The summed E-state index contributed by atoms with van der Waals surface area (Å²) in [4.78, 5) is 0.00144. The molecule has 1 N–H and O–H groups in total. The van der Waals surface area contributed by atoms with E-state index in [0.717, 1.165) is 12.8 Å².